The lowest BCUT2D eigenvalue weighted by atomic mass is 9.79. The molecular formula is C62H74FN13O5. The lowest BCUT2D eigenvalue weighted by Gasteiger charge is -2.41. The molecular weight excluding hydrogens is 1030 g/mol. The zero-order valence-electron chi connectivity index (χ0n) is 47.2. The first-order valence-corrected chi connectivity index (χ1v) is 29.4. The van der Waals surface area contributed by atoms with E-state index >= 15 is 4.39 Å². The average molecular weight is 1100 g/mol. The molecule has 18 nitrogen and oxygen atoms in total. The molecule has 2 amide bonds. The van der Waals surface area contributed by atoms with Crippen molar-refractivity contribution in [2.45, 2.75) is 108 Å². The summed E-state index contributed by atoms with van der Waals surface area (Å²) in [5, 5.41) is 29.5. The van der Waals surface area contributed by atoms with Crippen LogP contribution in [0.1, 0.15) is 107 Å². The van der Waals surface area contributed by atoms with Crippen LogP contribution in [0, 0.1) is 5.92 Å². The van der Waals surface area contributed by atoms with E-state index in [-0.39, 0.29) is 35.4 Å². The summed E-state index contributed by atoms with van der Waals surface area (Å²) in [6.07, 6.45) is 8.18. The van der Waals surface area contributed by atoms with Crippen molar-refractivity contribution in [3.63, 3.8) is 0 Å². The highest BCUT2D eigenvalue weighted by Crippen LogP contribution is 2.49. The molecule has 13 rings (SSSR count). The SMILES string of the molecule is CC1c2c(ncc3c(N4CC5CCC(C4)N5)nc(OCCN4CCC(F)(CN5CCN(c6cc([C@H](C(=O)N7CCC[C@H]7C(=O)N[C@@H](C)c7ccc(-c8ccnn8C)cc7)C(C)C)on6)CC5)CC4)nc23)-c2cc(O)cc3cccc1c23. The van der Waals surface area contributed by atoms with Gasteiger partial charge in [0.2, 0.25) is 11.8 Å². The van der Waals surface area contributed by atoms with E-state index in [1.165, 1.54) is 5.56 Å². The first kappa shape index (κ1) is 53.1. The molecule has 2 bridgehead atoms. The number of phenols is 1. The van der Waals surface area contributed by atoms with Crippen LogP contribution >= 0.6 is 0 Å². The summed E-state index contributed by atoms with van der Waals surface area (Å²) >= 11 is 0. The van der Waals surface area contributed by atoms with E-state index in [4.69, 9.17) is 24.2 Å². The Kier molecular flexibility index (Phi) is 14.2. The summed E-state index contributed by atoms with van der Waals surface area (Å²) in [6.45, 7) is 15.7. The van der Waals surface area contributed by atoms with Crippen molar-refractivity contribution in [2.24, 2.45) is 13.0 Å². The number of carbonyl (C=O) groups is 2. The fraction of sp³-hybridized carbons (Fsp3) is 0.500. The Balaban J connectivity index is 0.608. The highest BCUT2D eigenvalue weighted by molar-refractivity contribution is 6.06. The zero-order valence-corrected chi connectivity index (χ0v) is 47.2. The summed E-state index contributed by atoms with van der Waals surface area (Å²) in [7, 11) is 1.91. The lowest BCUT2D eigenvalue weighted by molar-refractivity contribution is -0.141. The van der Waals surface area contributed by atoms with Crippen LogP contribution in [0.5, 0.6) is 11.8 Å². The van der Waals surface area contributed by atoms with E-state index in [9.17, 15) is 14.7 Å². The first-order valence-electron chi connectivity index (χ1n) is 29.4. The minimum Gasteiger partial charge on any atom is -0.508 e. The summed E-state index contributed by atoms with van der Waals surface area (Å²) in [6, 6.07) is 22.2. The van der Waals surface area contributed by atoms with E-state index < -0.39 is 17.6 Å². The predicted molar refractivity (Wildman–Crippen MR) is 309 cm³/mol. The zero-order chi connectivity index (χ0) is 55.7. The number of aromatic hydroxyl groups is 1. The number of benzene rings is 3. The third-order valence-electron chi connectivity index (χ3n) is 18.5. The Labute approximate surface area is 472 Å². The number of rotatable bonds is 15. The van der Waals surface area contributed by atoms with Crippen LogP contribution in [-0.4, -0.2) is 164 Å². The molecule has 0 saturated carbocycles. The summed E-state index contributed by atoms with van der Waals surface area (Å²) in [5.41, 5.74) is 6.48. The number of alkyl halides is 1. The van der Waals surface area contributed by atoms with Crippen molar-refractivity contribution in [2.75, 3.05) is 88.4 Å². The molecule has 3 unspecified atom stereocenters. The number of amides is 2. The molecule has 6 aliphatic rings. The number of fused-ring (bicyclic) bond motifs is 6. The van der Waals surface area contributed by atoms with Crippen LogP contribution < -0.4 is 25.2 Å². The fourth-order valence-electron chi connectivity index (χ4n) is 14.0. The number of phenolic OH excluding ortho intramolecular Hbond substituents is 1. The fourth-order valence-corrected chi connectivity index (χ4v) is 14.0. The maximum Gasteiger partial charge on any atom is 0.319 e. The van der Waals surface area contributed by atoms with Gasteiger partial charge in [0.25, 0.3) is 0 Å². The molecule has 5 saturated heterocycles. The van der Waals surface area contributed by atoms with E-state index in [0.717, 1.165) is 93.5 Å². The maximum absolute atomic E-state index is 16.7. The van der Waals surface area contributed by atoms with Crippen LogP contribution in [0.25, 0.3) is 44.2 Å². The van der Waals surface area contributed by atoms with Crippen LogP contribution in [-0.2, 0) is 16.6 Å². The number of nitrogens with zero attached hydrogens (tertiary/aromatic N) is 11. The second-order valence-electron chi connectivity index (χ2n) is 24.1. The number of piperazine rings is 2. The van der Waals surface area contributed by atoms with Gasteiger partial charge in [0, 0.05) is 127 Å². The molecule has 9 heterocycles. The molecule has 3 N–H and O–H groups in total. The Bertz CT molecular complexity index is 3470. The number of anilines is 2. The number of halogens is 1. The van der Waals surface area contributed by atoms with Gasteiger partial charge in [-0.05, 0) is 97.0 Å². The molecule has 3 aromatic carbocycles. The second kappa shape index (κ2) is 21.6. The van der Waals surface area contributed by atoms with Crippen molar-refractivity contribution in [1.82, 2.24) is 55.2 Å². The van der Waals surface area contributed by atoms with Gasteiger partial charge in [0.05, 0.1) is 28.3 Å². The molecule has 19 heteroatoms. The lowest BCUT2D eigenvalue weighted by Crippen LogP contribution is -2.53. The van der Waals surface area contributed by atoms with Gasteiger partial charge >= 0.3 is 6.01 Å². The van der Waals surface area contributed by atoms with E-state index in [0.29, 0.717) is 114 Å². The van der Waals surface area contributed by atoms with E-state index in [1.807, 2.05) is 93.3 Å². The number of likely N-dealkylation sites (tertiary alicyclic amines) is 2. The van der Waals surface area contributed by atoms with Crippen LogP contribution in [0.4, 0.5) is 16.0 Å². The van der Waals surface area contributed by atoms with E-state index in [2.05, 4.69) is 59.5 Å². The van der Waals surface area contributed by atoms with Gasteiger partial charge in [-0.25, -0.2) is 4.39 Å². The highest BCUT2D eigenvalue weighted by atomic mass is 19.1. The van der Waals surface area contributed by atoms with E-state index in [1.54, 1.807) is 11.1 Å². The second-order valence-corrected chi connectivity index (χ2v) is 24.1. The summed E-state index contributed by atoms with van der Waals surface area (Å²) in [5.74, 6) is 1.23. The molecule has 1 aliphatic carbocycles. The first-order chi connectivity index (χ1) is 39.2. The van der Waals surface area contributed by atoms with Crippen LogP contribution in [0.2, 0.25) is 0 Å². The third kappa shape index (κ3) is 10.2. The van der Waals surface area contributed by atoms with Crippen molar-refractivity contribution in [3.05, 3.63) is 102 Å². The normalized spacial score (nSPS) is 22.6. The molecule has 0 radical (unpaired) electrons. The number of ether oxygens (including phenoxy) is 1. The number of carbonyl (C=O) groups excluding carboxylic acids is 2. The standard InChI is InChI=1S/C62H74FN13O5/c1-37(2)53(60(79)76-21-7-10-50(76)59(78)66-39(4)40-11-13-41(14-12-40)49-17-20-65-71(49)5)51-32-52(70-81-51)74-26-24-73(25-27-74)36-62(63)18-22-72(23-19-62)28-29-80-61-68-57-48(58(69-61)75-34-43-15-16-44(35-75)67-43)33-64-56-47-31-45(77)30-42-8-6-9-46(55(42)47)38(3)54(56)57/h6,8-9,11-14,17,20,30-33,37-39,43-44,50,53,67,77H,7,10,15-16,18-19,21-29,34-36H2,1-5H3,(H,66,78)/t38?,39-,43?,44?,50-,53+/m0/s1. The Morgan fingerprint density at radius 2 is 1.69 bits per heavy atom. The largest absolute Gasteiger partial charge is 0.508 e. The number of aromatic nitrogens is 6. The maximum atomic E-state index is 16.7. The number of piperidine rings is 1. The number of nitrogens with one attached hydrogen (secondary N) is 2. The molecule has 5 aliphatic heterocycles. The molecule has 6 atom stereocenters. The van der Waals surface area contributed by atoms with Crippen LogP contribution in [0.15, 0.2) is 83.6 Å². The molecule has 5 fully saturated rings. The van der Waals surface area contributed by atoms with Gasteiger partial charge in [-0.15, -0.1) is 0 Å². The Morgan fingerprint density at radius 3 is 2.43 bits per heavy atom. The van der Waals surface area contributed by atoms with Gasteiger partial charge in [0.15, 0.2) is 11.6 Å². The van der Waals surface area contributed by atoms with Crippen molar-refractivity contribution in [1.29, 1.82) is 0 Å². The average Bonchev–Trinajstić information content (AvgIpc) is 4.41. The topological polar surface area (TPSA) is 186 Å². The molecule has 7 aromatic rings. The smallest absolute Gasteiger partial charge is 0.319 e. The molecule has 0 spiro atoms. The monoisotopic (exact) mass is 1100 g/mol. The number of pyridine rings is 1. The van der Waals surface area contributed by atoms with Crippen molar-refractivity contribution < 1.29 is 28.3 Å². The van der Waals surface area contributed by atoms with Crippen LogP contribution in [0.3, 0.4) is 0 Å². The van der Waals surface area contributed by atoms with Crippen molar-refractivity contribution in [3.8, 4) is 34.3 Å². The summed E-state index contributed by atoms with van der Waals surface area (Å²) in [4.78, 5) is 54.4. The number of hydrogen-bond donors (Lipinski definition) is 3. The van der Waals surface area contributed by atoms with Gasteiger partial charge in [-0.1, -0.05) is 68.4 Å². The van der Waals surface area contributed by atoms with Gasteiger partial charge in [0.1, 0.15) is 35.8 Å². The third-order valence-corrected chi connectivity index (χ3v) is 18.5. The van der Waals surface area contributed by atoms with Gasteiger partial charge < -0.3 is 39.7 Å². The van der Waals surface area contributed by atoms with Crippen molar-refractivity contribution >= 4 is 45.1 Å². The number of aryl methyl sites for hydroxylation is 1. The molecule has 81 heavy (non-hydrogen) atoms. The van der Waals surface area contributed by atoms with Gasteiger partial charge in [-0.2, -0.15) is 15.1 Å². The highest BCUT2D eigenvalue weighted by Gasteiger charge is 2.42. The minimum atomic E-state index is -1.30. The number of hydrogen-bond acceptors (Lipinski definition) is 15. The summed E-state index contributed by atoms with van der Waals surface area (Å²) < 4.78 is 31.0. The predicted octanol–water partition coefficient (Wildman–Crippen LogP) is 7.96. The minimum absolute atomic E-state index is 0.00373. The molecule has 4 aromatic heterocycles. The quantitative estimate of drug-likeness (QED) is 0.0897. The Morgan fingerprint density at radius 1 is 0.914 bits per heavy atom. The van der Waals surface area contributed by atoms with Gasteiger partial charge in [-0.3, -0.25) is 29.1 Å². The Hall–Kier alpha value is -7.22. The molecule has 424 valence electrons.